The van der Waals surface area contributed by atoms with Gasteiger partial charge >= 0.3 is 5.00 Å². The molecule has 0 N–H and O–H groups in total. The smallest absolute Gasteiger partial charge is 0.294 e. The number of Topliss-reactive ketones (excluding diaryl/α,β-unsaturated/α-hetero) is 1. The van der Waals surface area contributed by atoms with Crippen LogP contribution in [0, 0.1) is 10.1 Å². The third-order valence-electron chi connectivity index (χ3n) is 3.50. The molecule has 0 radical (unpaired) electrons. The zero-order valence-electron chi connectivity index (χ0n) is 13.0. The van der Waals surface area contributed by atoms with Crippen LogP contribution in [-0.2, 0) is 11.8 Å². The molecule has 2 aromatic rings. The van der Waals surface area contributed by atoms with E-state index in [2.05, 4.69) is 20.8 Å². The minimum Gasteiger partial charge on any atom is -0.294 e. The van der Waals surface area contributed by atoms with E-state index in [1.165, 1.54) is 11.6 Å². The highest BCUT2D eigenvalue weighted by molar-refractivity contribution is 7.15. The average molecular weight is 317 g/mol. The molecule has 0 aliphatic rings. The van der Waals surface area contributed by atoms with Gasteiger partial charge in [0.2, 0.25) is 0 Å². The quantitative estimate of drug-likeness (QED) is 0.453. The monoisotopic (exact) mass is 317 g/mol. The van der Waals surface area contributed by atoms with E-state index in [-0.39, 0.29) is 16.2 Å². The summed E-state index contributed by atoms with van der Waals surface area (Å²) in [7, 11) is 0. The number of rotatable bonds is 5. The molecule has 0 aliphatic heterocycles. The van der Waals surface area contributed by atoms with E-state index in [0.717, 1.165) is 16.2 Å². The van der Waals surface area contributed by atoms with Crippen LogP contribution in [-0.4, -0.2) is 10.7 Å². The summed E-state index contributed by atoms with van der Waals surface area (Å²) >= 11 is 1.13. The molecule has 0 unspecified atom stereocenters. The summed E-state index contributed by atoms with van der Waals surface area (Å²) in [6.07, 6.45) is 0.908. The Labute approximate surface area is 133 Å². The van der Waals surface area contributed by atoms with Gasteiger partial charge in [-0.05, 0) is 23.5 Å². The number of ketones is 1. The van der Waals surface area contributed by atoms with Crippen molar-refractivity contribution < 1.29 is 9.72 Å². The van der Waals surface area contributed by atoms with Gasteiger partial charge in [-0.1, -0.05) is 56.4 Å². The zero-order chi connectivity index (χ0) is 16.3. The van der Waals surface area contributed by atoms with Crippen LogP contribution >= 0.6 is 11.3 Å². The lowest BCUT2D eigenvalue weighted by Gasteiger charge is -2.18. The van der Waals surface area contributed by atoms with E-state index in [4.69, 9.17) is 0 Å². The Morgan fingerprint density at radius 2 is 1.77 bits per heavy atom. The first kappa shape index (κ1) is 16.4. The Balaban J connectivity index is 1.98. The molecule has 5 heteroatoms. The van der Waals surface area contributed by atoms with Crippen molar-refractivity contribution in [2.24, 2.45) is 0 Å². The highest BCUT2D eigenvalue weighted by Crippen LogP contribution is 2.26. The number of nitro groups is 1. The molecule has 0 spiro atoms. The SMILES string of the molecule is CC(C)(C)c1ccc(C(=O)CCc2ccc([N+](=O)[O-])s2)cc1. The van der Waals surface area contributed by atoms with Crippen molar-refractivity contribution in [1.29, 1.82) is 0 Å². The van der Waals surface area contributed by atoms with Crippen molar-refractivity contribution in [2.45, 2.75) is 39.0 Å². The maximum atomic E-state index is 12.2. The maximum absolute atomic E-state index is 12.2. The predicted octanol–water partition coefficient (Wildman–Crippen LogP) is 4.77. The Bertz CT molecular complexity index is 681. The van der Waals surface area contributed by atoms with Crippen LogP contribution in [0.15, 0.2) is 36.4 Å². The summed E-state index contributed by atoms with van der Waals surface area (Å²) in [6, 6.07) is 10.9. The fourth-order valence-corrected chi connectivity index (χ4v) is 2.96. The molecular weight excluding hydrogens is 298 g/mol. The summed E-state index contributed by atoms with van der Waals surface area (Å²) in [5, 5.41) is 10.8. The van der Waals surface area contributed by atoms with E-state index in [9.17, 15) is 14.9 Å². The molecule has 2 rings (SSSR count). The van der Waals surface area contributed by atoms with Gasteiger partial charge in [0.15, 0.2) is 5.78 Å². The summed E-state index contributed by atoms with van der Waals surface area (Å²) in [5.41, 5.74) is 1.95. The van der Waals surface area contributed by atoms with Crippen LogP contribution in [0.2, 0.25) is 0 Å². The predicted molar refractivity (Wildman–Crippen MR) is 88.8 cm³/mol. The number of aryl methyl sites for hydroxylation is 1. The van der Waals surface area contributed by atoms with Crippen LogP contribution in [0.4, 0.5) is 5.00 Å². The molecule has 116 valence electrons. The van der Waals surface area contributed by atoms with Crippen molar-refractivity contribution in [2.75, 3.05) is 0 Å². The van der Waals surface area contributed by atoms with Gasteiger partial charge in [-0.15, -0.1) is 0 Å². The molecule has 4 nitrogen and oxygen atoms in total. The van der Waals surface area contributed by atoms with Gasteiger partial charge < -0.3 is 0 Å². The van der Waals surface area contributed by atoms with Crippen LogP contribution in [0.3, 0.4) is 0 Å². The molecule has 0 saturated carbocycles. The molecule has 0 aliphatic carbocycles. The van der Waals surface area contributed by atoms with Crippen molar-refractivity contribution >= 4 is 22.1 Å². The molecule has 0 bridgehead atoms. The van der Waals surface area contributed by atoms with Gasteiger partial charge in [0.1, 0.15) is 0 Å². The van der Waals surface area contributed by atoms with Gasteiger partial charge in [-0.3, -0.25) is 14.9 Å². The van der Waals surface area contributed by atoms with E-state index < -0.39 is 4.92 Å². The van der Waals surface area contributed by atoms with E-state index in [1.54, 1.807) is 6.07 Å². The largest absolute Gasteiger partial charge is 0.324 e. The molecule has 0 saturated heterocycles. The number of thiophene rings is 1. The summed E-state index contributed by atoms with van der Waals surface area (Å²) in [5.74, 6) is 0.0662. The second-order valence-corrected chi connectivity index (χ2v) is 7.39. The van der Waals surface area contributed by atoms with Crippen molar-refractivity contribution in [1.82, 2.24) is 0 Å². The Kier molecular flexibility index (Phi) is 4.76. The van der Waals surface area contributed by atoms with E-state index >= 15 is 0 Å². The number of carbonyl (C=O) groups is 1. The molecule has 0 fully saturated rings. The van der Waals surface area contributed by atoms with Crippen molar-refractivity contribution in [3.8, 4) is 0 Å². The van der Waals surface area contributed by atoms with E-state index in [0.29, 0.717) is 18.4 Å². The van der Waals surface area contributed by atoms with Gasteiger partial charge in [0.25, 0.3) is 0 Å². The molecule has 1 aromatic heterocycles. The second kappa shape index (κ2) is 6.40. The number of carbonyl (C=O) groups excluding carboxylic acids is 1. The number of benzene rings is 1. The Morgan fingerprint density at radius 3 is 2.27 bits per heavy atom. The lowest BCUT2D eigenvalue weighted by molar-refractivity contribution is -0.380. The highest BCUT2D eigenvalue weighted by atomic mass is 32.1. The molecular formula is C17H19NO3S. The first-order chi connectivity index (χ1) is 10.3. The first-order valence-corrected chi connectivity index (χ1v) is 7.96. The third kappa shape index (κ3) is 4.01. The van der Waals surface area contributed by atoms with Gasteiger partial charge in [-0.25, -0.2) is 0 Å². The summed E-state index contributed by atoms with van der Waals surface area (Å²) < 4.78 is 0. The highest BCUT2D eigenvalue weighted by Gasteiger charge is 2.15. The molecule has 0 amide bonds. The third-order valence-corrected chi connectivity index (χ3v) is 4.60. The van der Waals surface area contributed by atoms with Crippen molar-refractivity contribution in [3.05, 3.63) is 62.5 Å². The van der Waals surface area contributed by atoms with E-state index in [1.807, 2.05) is 24.3 Å². The van der Waals surface area contributed by atoms with Gasteiger partial charge in [-0.2, -0.15) is 0 Å². The Morgan fingerprint density at radius 1 is 1.14 bits per heavy atom. The van der Waals surface area contributed by atoms with Crippen LogP contribution < -0.4 is 0 Å². The standard InChI is InChI=1S/C17H19NO3S/c1-17(2,3)13-6-4-12(5-7-13)15(19)10-8-14-9-11-16(22-14)18(20)21/h4-7,9,11H,8,10H2,1-3H3. The average Bonchev–Trinajstić information content (AvgIpc) is 2.93. The lowest BCUT2D eigenvalue weighted by atomic mass is 9.86. The zero-order valence-corrected chi connectivity index (χ0v) is 13.8. The van der Waals surface area contributed by atoms with Crippen molar-refractivity contribution in [3.63, 3.8) is 0 Å². The van der Waals surface area contributed by atoms with Crippen LogP contribution in [0.5, 0.6) is 0 Å². The molecule has 22 heavy (non-hydrogen) atoms. The normalized spacial score (nSPS) is 11.4. The van der Waals surface area contributed by atoms with Gasteiger partial charge in [0, 0.05) is 22.9 Å². The fourth-order valence-electron chi connectivity index (χ4n) is 2.14. The number of hydrogen-bond donors (Lipinski definition) is 0. The number of hydrogen-bond acceptors (Lipinski definition) is 4. The number of nitrogens with zero attached hydrogens (tertiary/aromatic N) is 1. The summed E-state index contributed by atoms with van der Waals surface area (Å²) in [6.45, 7) is 6.40. The fraction of sp³-hybridized carbons (Fsp3) is 0.353. The second-order valence-electron chi connectivity index (χ2n) is 6.25. The van der Waals surface area contributed by atoms with Gasteiger partial charge in [0.05, 0.1) is 4.92 Å². The van der Waals surface area contributed by atoms with Crippen LogP contribution in [0.1, 0.15) is 48.0 Å². The minimum atomic E-state index is -0.402. The molecule has 0 atom stereocenters. The van der Waals surface area contributed by atoms with Crippen LogP contribution in [0.25, 0.3) is 0 Å². The molecule has 1 heterocycles. The summed E-state index contributed by atoms with van der Waals surface area (Å²) in [4.78, 5) is 23.3. The Hall–Kier alpha value is -2.01. The minimum absolute atomic E-state index is 0.0662. The lowest BCUT2D eigenvalue weighted by Crippen LogP contribution is -2.11. The first-order valence-electron chi connectivity index (χ1n) is 7.14. The topological polar surface area (TPSA) is 60.2 Å². The molecule has 1 aromatic carbocycles. The maximum Gasteiger partial charge on any atom is 0.324 e.